The van der Waals surface area contributed by atoms with Gasteiger partial charge in [0.25, 0.3) is 0 Å². The second-order valence-electron chi connectivity index (χ2n) is 0.780. The number of aliphatic imine (C=N–C) groups is 1. The summed E-state index contributed by atoms with van der Waals surface area (Å²) >= 11 is 0. The van der Waals surface area contributed by atoms with E-state index in [1.54, 1.807) is 0 Å². The summed E-state index contributed by atoms with van der Waals surface area (Å²) in [7, 11) is 0. The van der Waals surface area contributed by atoms with Gasteiger partial charge >= 0.3 is 0 Å². The maximum absolute atomic E-state index is 9.37. The fourth-order valence-electron chi connectivity index (χ4n) is 0.0968. The molecule has 7 heavy (non-hydrogen) atoms. The smallest absolute Gasteiger partial charge is 0.235 e. The number of hydrogen-bond donors (Lipinski definition) is 0. The highest BCUT2D eigenvalue weighted by Gasteiger charge is 1.74. The quantitative estimate of drug-likeness (QED) is 0.300. The number of carboxylic acid groups (broad SMARTS) is 1. The zero-order chi connectivity index (χ0) is 5.70. The molecule has 0 heterocycles. The van der Waals surface area contributed by atoms with Gasteiger partial charge in [-0.25, -0.2) is 4.79 Å². The zero-order valence-corrected chi connectivity index (χ0v) is 3.38. The van der Waals surface area contributed by atoms with E-state index in [9.17, 15) is 9.90 Å². The number of isocyanates is 1. The summed E-state index contributed by atoms with van der Waals surface area (Å²) in [6, 6.07) is 0. The predicted molar refractivity (Wildman–Crippen MR) is 18.0 cm³/mol. The van der Waals surface area contributed by atoms with Crippen LogP contribution in [-0.2, 0) is 9.59 Å². The summed E-state index contributed by atoms with van der Waals surface area (Å²) in [6.45, 7) is -0.594. The Morgan fingerprint density at radius 1 is 1.86 bits per heavy atom. The third kappa shape index (κ3) is 4.85. The number of nitrogens with zero attached hydrogens (tertiary/aromatic N) is 1. The van der Waals surface area contributed by atoms with Crippen molar-refractivity contribution in [2.24, 2.45) is 4.99 Å². The lowest BCUT2D eigenvalue weighted by molar-refractivity contribution is -0.303. The molecule has 0 saturated heterocycles. The van der Waals surface area contributed by atoms with Crippen molar-refractivity contribution in [3.05, 3.63) is 0 Å². The van der Waals surface area contributed by atoms with E-state index in [0.29, 0.717) is 0 Å². The molecule has 0 rings (SSSR count). The van der Waals surface area contributed by atoms with Crippen molar-refractivity contribution in [2.75, 3.05) is 6.54 Å². The Hall–Kier alpha value is -1.15. The van der Waals surface area contributed by atoms with Crippen molar-refractivity contribution < 1.29 is 14.7 Å². The first-order valence-corrected chi connectivity index (χ1v) is 1.51. The SMILES string of the molecule is O=C=NCC(=O)[O-]. The average Bonchev–Trinajstić information content (AvgIpc) is 1.61. The molecule has 0 amide bonds. The summed E-state index contributed by atoms with van der Waals surface area (Å²) in [5.74, 6) is -1.37. The van der Waals surface area contributed by atoms with Crippen molar-refractivity contribution in [1.82, 2.24) is 0 Å². The zero-order valence-electron chi connectivity index (χ0n) is 3.38. The summed E-state index contributed by atoms with van der Waals surface area (Å²) in [6.07, 6.45) is 1.05. The van der Waals surface area contributed by atoms with Gasteiger partial charge in [-0.3, -0.25) is 0 Å². The minimum absolute atomic E-state index is 0.594. The molecule has 0 spiro atoms. The van der Waals surface area contributed by atoms with E-state index in [1.807, 2.05) is 0 Å². The number of hydrogen-bond acceptors (Lipinski definition) is 4. The van der Waals surface area contributed by atoms with Crippen LogP contribution >= 0.6 is 0 Å². The van der Waals surface area contributed by atoms with Crippen LogP contribution in [0.25, 0.3) is 0 Å². The third-order valence-electron chi connectivity index (χ3n) is 0.273. The Balaban J connectivity index is 3.32. The number of rotatable bonds is 2. The summed E-state index contributed by atoms with van der Waals surface area (Å²) < 4.78 is 0. The Morgan fingerprint density at radius 3 is 2.57 bits per heavy atom. The maximum Gasteiger partial charge on any atom is 0.235 e. The molecule has 0 bridgehead atoms. The number of aliphatic carboxylic acids is 1. The first-order valence-electron chi connectivity index (χ1n) is 1.51. The van der Waals surface area contributed by atoms with Crippen molar-refractivity contribution in [1.29, 1.82) is 0 Å². The lowest BCUT2D eigenvalue weighted by atomic mass is 10.7. The molecule has 4 heteroatoms. The standard InChI is InChI=1S/C3H3NO3/c5-2-4-1-3(6)7/h1H2,(H,6,7)/p-1. The van der Waals surface area contributed by atoms with Crippen molar-refractivity contribution in [3.8, 4) is 0 Å². The van der Waals surface area contributed by atoms with Crippen LogP contribution in [0.4, 0.5) is 0 Å². The van der Waals surface area contributed by atoms with Crippen LogP contribution < -0.4 is 5.11 Å². The fourth-order valence-corrected chi connectivity index (χ4v) is 0.0968. The molecule has 0 saturated carbocycles. The molecule has 0 aromatic heterocycles. The van der Waals surface area contributed by atoms with Gasteiger partial charge in [0.1, 0.15) is 0 Å². The highest BCUT2D eigenvalue weighted by Crippen LogP contribution is 1.57. The first-order chi connectivity index (χ1) is 3.27. The summed E-state index contributed by atoms with van der Waals surface area (Å²) in [5, 5.41) is 9.37. The van der Waals surface area contributed by atoms with E-state index < -0.39 is 12.5 Å². The average molecular weight is 100 g/mol. The molecule has 0 atom stereocenters. The van der Waals surface area contributed by atoms with E-state index in [4.69, 9.17) is 4.79 Å². The molecular weight excluding hydrogens is 98.0 g/mol. The molecular formula is C3H2NO3-. The molecule has 0 unspecified atom stereocenters. The van der Waals surface area contributed by atoms with Gasteiger partial charge in [-0.2, -0.15) is 4.99 Å². The molecule has 0 aromatic carbocycles. The number of carboxylic acids is 1. The second kappa shape index (κ2) is 3.06. The summed E-state index contributed by atoms with van der Waals surface area (Å²) in [4.78, 5) is 21.2. The van der Waals surface area contributed by atoms with Crippen LogP contribution in [0.2, 0.25) is 0 Å². The lowest BCUT2D eigenvalue weighted by Crippen LogP contribution is -2.24. The van der Waals surface area contributed by atoms with Crippen LogP contribution in [0.3, 0.4) is 0 Å². The Kier molecular flexibility index (Phi) is 2.55. The van der Waals surface area contributed by atoms with Crippen LogP contribution in [-0.4, -0.2) is 18.6 Å². The minimum atomic E-state index is -1.37. The Morgan fingerprint density at radius 2 is 2.43 bits per heavy atom. The highest BCUT2D eigenvalue weighted by molar-refractivity contribution is 5.67. The third-order valence-corrected chi connectivity index (χ3v) is 0.273. The van der Waals surface area contributed by atoms with Gasteiger partial charge in [0.15, 0.2) is 0 Å². The van der Waals surface area contributed by atoms with Crippen molar-refractivity contribution in [3.63, 3.8) is 0 Å². The van der Waals surface area contributed by atoms with Crippen LogP contribution in [0.15, 0.2) is 4.99 Å². The normalized spacial score (nSPS) is 6.86. The molecule has 0 aliphatic heterocycles. The van der Waals surface area contributed by atoms with E-state index in [2.05, 4.69) is 4.99 Å². The predicted octanol–water partition coefficient (Wildman–Crippen LogP) is -1.93. The van der Waals surface area contributed by atoms with E-state index in [-0.39, 0.29) is 0 Å². The van der Waals surface area contributed by atoms with Gasteiger partial charge in [0.2, 0.25) is 6.08 Å². The molecule has 0 fully saturated rings. The second-order valence-corrected chi connectivity index (χ2v) is 0.780. The van der Waals surface area contributed by atoms with E-state index in [0.717, 1.165) is 6.08 Å². The monoisotopic (exact) mass is 100 g/mol. The molecule has 0 aliphatic carbocycles. The van der Waals surface area contributed by atoms with Crippen molar-refractivity contribution >= 4 is 12.0 Å². The van der Waals surface area contributed by atoms with Crippen molar-refractivity contribution in [2.45, 2.75) is 0 Å². The van der Waals surface area contributed by atoms with Gasteiger partial charge in [0, 0.05) is 0 Å². The molecule has 38 valence electrons. The van der Waals surface area contributed by atoms with E-state index in [1.165, 1.54) is 0 Å². The van der Waals surface area contributed by atoms with Gasteiger partial charge < -0.3 is 9.90 Å². The molecule has 0 aromatic rings. The van der Waals surface area contributed by atoms with Gasteiger partial charge in [-0.15, -0.1) is 0 Å². The highest BCUT2D eigenvalue weighted by atomic mass is 16.4. The lowest BCUT2D eigenvalue weighted by Gasteiger charge is -1.87. The van der Waals surface area contributed by atoms with Gasteiger partial charge in [-0.1, -0.05) is 0 Å². The largest absolute Gasteiger partial charge is 0.548 e. The van der Waals surface area contributed by atoms with Crippen LogP contribution in [0.5, 0.6) is 0 Å². The molecule has 4 nitrogen and oxygen atoms in total. The van der Waals surface area contributed by atoms with Crippen LogP contribution in [0.1, 0.15) is 0 Å². The van der Waals surface area contributed by atoms with Crippen LogP contribution in [0, 0.1) is 0 Å². The Bertz CT molecular complexity index is 113. The summed E-state index contributed by atoms with van der Waals surface area (Å²) in [5.41, 5.74) is 0. The fraction of sp³-hybridized carbons (Fsp3) is 0.333. The number of carbonyl (C=O) groups excluding carboxylic acids is 2. The minimum Gasteiger partial charge on any atom is -0.548 e. The van der Waals surface area contributed by atoms with Gasteiger partial charge in [-0.05, 0) is 0 Å². The molecule has 0 aliphatic rings. The molecule has 0 N–H and O–H groups in total. The molecule has 0 radical (unpaired) electrons. The first kappa shape index (κ1) is 5.85. The topological polar surface area (TPSA) is 69.6 Å². The van der Waals surface area contributed by atoms with Gasteiger partial charge in [0.05, 0.1) is 12.5 Å². The maximum atomic E-state index is 9.37. The number of carbonyl (C=O) groups is 1. The Labute approximate surface area is 39.5 Å². The van der Waals surface area contributed by atoms with E-state index >= 15 is 0 Å².